The van der Waals surface area contributed by atoms with Crippen LogP contribution in [0, 0.1) is 6.92 Å². The zero-order chi connectivity index (χ0) is 18.9. The zero-order valence-corrected chi connectivity index (χ0v) is 16.4. The van der Waals surface area contributed by atoms with Crippen molar-refractivity contribution in [2.75, 3.05) is 32.8 Å². The summed E-state index contributed by atoms with van der Waals surface area (Å²) < 4.78 is 33.6. The second kappa shape index (κ2) is 7.72. The number of sulfonamides is 1. The molecule has 0 spiro atoms. The minimum atomic E-state index is -3.48. The lowest BCUT2D eigenvalue weighted by atomic mass is 10.1. The molecule has 2 aliphatic rings. The molecule has 0 amide bonds. The minimum Gasteiger partial charge on any atom is -0.374 e. The monoisotopic (exact) mass is 386 g/mol. The summed E-state index contributed by atoms with van der Waals surface area (Å²) in [7, 11) is -3.48. The molecule has 0 aliphatic carbocycles. The SMILES string of the molecule is Cc1ccc(S(=O)(=O)N2C[C@H]3OCCN(CCc4ccccc4)[C@H]3C2)cc1. The van der Waals surface area contributed by atoms with Gasteiger partial charge in [-0.1, -0.05) is 48.0 Å². The molecule has 2 atom stereocenters. The van der Waals surface area contributed by atoms with Crippen LogP contribution >= 0.6 is 0 Å². The van der Waals surface area contributed by atoms with Crippen molar-refractivity contribution in [2.24, 2.45) is 0 Å². The molecule has 0 aromatic heterocycles. The van der Waals surface area contributed by atoms with Gasteiger partial charge in [-0.25, -0.2) is 8.42 Å². The van der Waals surface area contributed by atoms with Gasteiger partial charge in [-0.05, 0) is 31.0 Å². The van der Waals surface area contributed by atoms with Gasteiger partial charge in [0.1, 0.15) is 0 Å². The molecule has 0 N–H and O–H groups in total. The molecule has 4 rings (SSSR count). The van der Waals surface area contributed by atoms with Gasteiger partial charge in [-0.15, -0.1) is 0 Å². The van der Waals surface area contributed by atoms with Gasteiger partial charge in [0, 0.05) is 26.2 Å². The van der Waals surface area contributed by atoms with Crippen LogP contribution in [0.25, 0.3) is 0 Å². The van der Waals surface area contributed by atoms with Crippen molar-refractivity contribution in [3.8, 4) is 0 Å². The highest BCUT2D eigenvalue weighted by molar-refractivity contribution is 7.89. The van der Waals surface area contributed by atoms with Crippen LogP contribution in [-0.4, -0.2) is 62.6 Å². The molecule has 27 heavy (non-hydrogen) atoms. The van der Waals surface area contributed by atoms with Crippen LogP contribution in [0.4, 0.5) is 0 Å². The average Bonchev–Trinajstić information content (AvgIpc) is 3.13. The van der Waals surface area contributed by atoms with E-state index in [4.69, 9.17) is 4.74 Å². The normalized spacial score (nSPS) is 24.0. The fraction of sp³-hybridized carbons (Fsp3) is 0.429. The summed E-state index contributed by atoms with van der Waals surface area (Å²) in [4.78, 5) is 2.76. The third-order valence-electron chi connectivity index (χ3n) is 5.57. The number of ether oxygens (including phenoxy) is 1. The van der Waals surface area contributed by atoms with Crippen LogP contribution in [-0.2, 0) is 21.2 Å². The number of hydrogen-bond acceptors (Lipinski definition) is 4. The number of fused-ring (bicyclic) bond motifs is 1. The first-order valence-corrected chi connectivity index (χ1v) is 10.9. The van der Waals surface area contributed by atoms with E-state index < -0.39 is 10.0 Å². The van der Waals surface area contributed by atoms with Gasteiger partial charge >= 0.3 is 0 Å². The molecule has 0 bridgehead atoms. The second-order valence-electron chi connectivity index (χ2n) is 7.38. The molecule has 0 saturated carbocycles. The van der Waals surface area contributed by atoms with Crippen LogP contribution < -0.4 is 0 Å². The number of hydrogen-bond donors (Lipinski definition) is 0. The summed E-state index contributed by atoms with van der Waals surface area (Å²) in [6, 6.07) is 17.6. The topological polar surface area (TPSA) is 49.9 Å². The smallest absolute Gasteiger partial charge is 0.243 e. The standard InChI is InChI=1S/C21H26N2O3S/c1-17-7-9-19(10-8-17)27(24,25)23-15-20-21(16-23)26-14-13-22(20)12-11-18-5-3-2-4-6-18/h2-10,20-21H,11-16H2,1H3/t20-,21+/m0/s1. The second-order valence-corrected chi connectivity index (χ2v) is 9.32. The van der Waals surface area contributed by atoms with Gasteiger partial charge in [0.2, 0.25) is 10.0 Å². The lowest BCUT2D eigenvalue weighted by Crippen LogP contribution is -2.51. The highest BCUT2D eigenvalue weighted by atomic mass is 32.2. The quantitative estimate of drug-likeness (QED) is 0.791. The number of aryl methyl sites for hydroxylation is 1. The van der Waals surface area contributed by atoms with Crippen molar-refractivity contribution in [1.29, 1.82) is 0 Å². The number of nitrogens with zero attached hydrogens (tertiary/aromatic N) is 2. The minimum absolute atomic E-state index is 0.0465. The summed E-state index contributed by atoms with van der Waals surface area (Å²) in [5, 5.41) is 0. The Hall–Kier alpha value is -1.73. The lowest BCUT2D eigenvalue weighted by molar-refractivity contribution is -0.0463. The fourth-order valence-electron chi connectivity index (χ4n) is 3.98. The maximum Gasteiger partial charge on any atom is 0.243 e. The largest absolute Gasteiger partial charge is 0.374 e. The molecular formula is C21H26N2O3S. The molecular weight excluding hydrogens is 360 g/mol. The highest BCUT2D eigenvalue weighted by Gasteiger charge is 2.44. The Kier molecular flexibility index (Phi) is 5.32. The molecule has 2 aliphatic heterocycles. The van der Waals surface area contributed by atoms with Crippen molar-refractivity contribution >= 4 is 10.0 Å². The summed E-state index contributed by atoms with van der Waals surface area (Å²) in [5.41, 5.74) is 2.36. The van der Waals surface area contributed by atoms with Gasteiger partial charge < -0.3 is 4.74 Å². The van der Waals surface area contributed by atoms with Crippen LogP contribution in [0.15, 0.2) is 59.5 Å². The third-order valence-corrected chi connectivity index (χ3v) is 7.42. The first-order chi connectivity index (χ1) is 13.0. The molecule has 2 saturated heterocycles. The van der Waals surface area contributed by atoms with Crippen LogP contribution in [0.2, 0.25) is 0 Å². The van der Waals surface area contributed by atoms with Crippen LogP contribution in [0.1, 0.15) is 11.1 Å². The molecule has 5 nitrogen and oxygen atoms in total. The Morgan fingerprint density at radius 3 is 2.52 bits per heavy atom. The van der Waals surface area contributed by atoms with E-state index in [0.717, 1.165) is 25.1 Å². The Balaban J connectivity index is 1.46. The van der Waals surface area contributed by atoms with E-state index in [-0.39, 0.29) is 12.1 Å². The first-order valence-electron chi connectivity index (χ1n) is 9.50. The maximum atomic E-state index is 13.0. The van der Waals surface area contributed by atoms with Crippen molar-refractivity contribution in [2.45, 2.75) is 30.4 Å². The zero-order valence-electron chi connectivity index (χ0n) is 15.6. The van der Waals surface area contributed by atoms with Gasteiger partial charge in [0.25, 0.3) is 0 Å². The predicted molar refractivity (Wildman–Crippen MR) is 105 cm³/mol. The van der Waals surface area contributed by atoms with E-state index in [1.807, 2.05) is 25.1 Å². The Morgan fingerprint density at radius 1 is 1.04 bits per heavy atom. The van der Waals surface area contributed by atoms with Crippen molar-refractivity contribution in [3.63, 3.8) is 0 Å². The van der Waals surface area contributed by atoms with Crippen LogP contribution in [0.5, 0.6) is 0 Å². The Morgan fingerprint density at radius 2 is 1.78 bits per heavy atom. The molecule has 144 valence electrons. The number of benzene rings is 2. The first kappa shape index (κ1) is 18.6. The summed E-state index contributed by atoms with van der Waals surface area (Å²) in [6.07, 6.45) is 0.921. The lowest BCUT2D eigenvalue weighted by Gasteiger charge is -2.36. The average molecular weight is 387 g/mol. The van der Waals surface area contributed by atoms with Gasteiger partial charge in [-0.2, -0.15) is 4.31 Å². The van der Waals surface area contributed by atoms with Crippen molar-refractivity contribution in [3.05, 3.63) is 65.7 Å². The molecule has 2 fully saturated rings. The van der Waals surface area contributed by atoms with Gasteiger partial charge in [0.05, 0.1) is 23.6 Å². The van der Waals surface area contributed by atoms with E-state index in [1.54, 1.807) is 16.4 Å². The number of morpholine rings is 1. The predicted octanol–water partition coefficient (Wildman–Crippen LogP) is 2.31. The van der Waals surface area contributed by atoms with E-state index >= 15 is 0 Å². The molecule has 6 heteroatoms. The van der Waals surface area contributed by atoms with Gasteiger partial charge in [0.15, 0.2) is 0 Å². The molecule has 2 heterocycles. The Bertz CT molecular complexity index is 868. The summed E-state index contributed by atoms with van der Waals surface area (Å²) >= 11 is 0. The fourth-order valence-corrected chi connectivity index (χ4v) is 5.45. The van der Waals surface area contributed by atoms with E-state index in [0.29, 0.717) is 24.6 Å². The summed E-state index contributed by atoms with van der Waals surface area (Å²) in [6.45, 7) is 5.32. The third kappa shape index (κ3) is 3.94. The van der Waals surface area contributed by atoms with Crippen LogP contribution in [0.3, 0.4) is 0 Å². The molecule has 2 aromatic rings. The summed E-state index contributed by atoms with van der Waals surface area (Å²) in [5.74, 6) is 0. The molecule has 0 radical (unpaired) electrons. The Labute approximate surface area is 161 Å². The van der Waals surface area contributed by atoms with Gasteiger partial charge in [-0.3, -0.25) is 4.90 Å². The number of rotatable bonds is 5. The van der Waals surface area contributed by atoms with E-state index in [1.165, 1.54) is 5.56 Å². The molecule has 2 aromatic carbocycles. The van der Waals surface area contributed by atoms with Crippen molar-refractivity contribution in [1.82, 2.24) is 9.21 Å². The van der Waals surface area contributed by atoms with E-state index in [9.17, 15) is 8.42 Å². The maximum absolute atomic E-state index is 13.0. The highest BCUT2D eigenvalue weighted by Crippen LogP contribution is 2.28. The molecule has 0 unspecified atom stereocenters. The van der Waals surface area contributed by atoms with E-state index in [2.05, 4.69) is 29.2 Å². The van der Waals surface area contributed by atoms with Crippen molar-refractivity contribution < 1.29 is 13.2 Å².